The Bertz CT molecular complexity index is 329. The van der Waals surface area contributed by atoms with Gasteiger partial charge in [-0.15, -0.1) is 0 Å². The van der Waals surface area contributed by atoms with Crippen molar-refractivity contribution >= 4 is 11.5 Å². The highest BCUT2D eigenvalue weighted by molar-refractivity contribution is 5.43. The van der Waals surface area contributed by atoms with Gasteiger partial charge in [0.2, 0.25) is 0 Å². The number of pyridine rings is 1. The van der Waals surface area contributed by atoms with Gasteiger partial charge in [0, 0.05) is 39.3 Å². The zero-order chi connectivity index (χ0) is 12.1. The Balaban J connectivity index is 1.67. The van der Waals surface area contributed by atoms with E-state index in [2.05, 4.69) is 27.1 Å². The molecule has 0 bridgehead atoms. The SMILES string of the molecule is CN1CCN(CCNc2ccc(N)cn2)CC1. The van der Waals surface area contributed by atoms with E-state index in [0.717, 1.165) is 32.0 Å². The van der Waals surface area contributed by atoms with Gasteiger partial charge < -0.3 is 16.0 Å². The van der Waals surface area contributed by atoms with Gasteiger partial charge in [-0.2, -0.15) is 0 Å². The van der Waals surface area contributed by atoms with Crippen molar-refractivity contribution in [1.29, 1.82) is 0 Å². The number of anilines is 2. The van der Waals surface area contributed by atoms with Crippen LogP contribution in [0.4, 0.5) is 11.5 Å². The molecule has 0 atom stereocenters. The molecule has 1 aliphatic rings. The normalized spacial score (nSPS) is 18.2. The molecule has 0 aliphatic carbocycles. The van der Waals surface area contributed by atoms with Gasteiger partial charge in [-0.25, -0.2) is 4.98 Å². The van der Waals surface area contributed by atoms with E-state index in [0.29, 0.717) is 5.69 Å². The summed E-state index contributed by atoms with van der Waals surface area (Å²) in [5.41, 5.74) is 6.29. The Hall–Kier alpha value is -1.33. The second-order valence-corrected chi connectivity index (χ2v) is 4.55. The van der Waals surface area contributed by atoms with Crippen LogP contribution in [-0.2, 0) is 0 Å². The van der Waals surface area contributed by atoms with Crippen LogP contribution in [0.2, 0.25) is 0 Å². The second kappa shape index (κ2) is 5.84. The van der Waals surface area contributed by atoms with Crippen LogP contribution in [0.5, 0.6) is 0 Å². The summed E-state index contributed by atoms with van der Waals surface area (Å²) in [6, 6.07) is 3.78. The molecule has 0 saturated carbocycles. The summed E-state index contributed by atoms with van der Waals surface area (Å²) in [6.07, 6.45) is 1.68. The quantitative estimate of drug-likeness (QED) is 0.787. The molecule has 2 rings (SSSR count). The molecule has 2 heterocycles. The monoisotopic (exact) mass is 235 g/mol. The van der Waals surface area contributed by atoms with Crippen LogP contribution in [0.3, 0.4) is 0 Å². The smallest absolute Gasteiger partial charge is 0.126 e. The summed E-state index contributed by atoms with van der Waals surface area (Å²) in [6.45, 7) is 6.65. The standard InChI is InChI=1S/C12H21N5/c1-16-6-8-17(9-7-16)5-4-14-12-3-2-11(13)10-15-12/h2-3,10H,4-9,13H2,1H3,(H,14,15). The van der Waals surface area contributed by atoms with Gasteiger partial charge in [-0.05, 0) is 19.2 Å². The molecule has 0 spiro atoms. The molecule has 5 nitrogen and oxygen atoms in total. The average molecular weight is 235 g/mol. The number of nitrogen functional groups attached to an aromatic ring is 1. The fourth-order valence-corrected chi connectivity index (χ4v) is 1.92. The molecule has 17 heavy (non-hydrogen) atoms. The Labute approximate surface area is 103 Å². The first kappa shape index (κ1) is 12.1. The van der Waals surface area contributed by atoms with Gasteiger partial charge in [0.05, 0.1) is 11.9 Å². The predicted molar refractivity (Wildman–Crippen MR) is 71.1 cm³/mol. The van der Waals surface area contributed by atoms with Crippen molar-refractivity contribution in [3.05, 3.63) is 18.3 Å². The van der Waals surface area contributed by atoms with Crippen LogP contribution >= 0.6 is 0 Å². The third-order valence-corrected chi connectivity index (χ3v) is 3.12. The van der Waals surface area contributed by atoms with Crippen molar-refractivity contribution in [3.8, 4) is 0 Å². The van der Waals surface area contributed by atoms with Crippen molar-refractivity contribution < 1.29 is 0 Å². The summed E-state index contributed by atoms with van der Waals surface area (Å²) >= 11 is 0. The van der Waals surface area contributed by atoms with E-state index >= 15 is 0 Å². The number of nitrogens with zero attached hydrogens (tertiary/aromatic N) is 3. The maximum absolute atomic E-state index is 5.58. The van der Waals surface area contributed by atoms with Gasteiger partial charge in [-0.1, -0.05) is 0 Å². The van der Waals surface area contributed by atoms with Crippen molar-refractivity contribution in [3.63, 3.8) is 0 Å². The van der Waals surface area contributed by atoms with Gasteiger partial charge in [0.1, 0.15) is 5.82 Å². The average Bonchev–Trinajstić information content (AvgIpc) is 2.34. The van der Waals surface area contributed by atoms with Crippen molar-refractivity contribution in [2.45, 2.75) is 0 Å². The van der Waals surface area contributed by atoms with E-state index in [9.17, 15) is 0 Å². The lowest BCUT2D eigenvalue weighted by Gasteiger charge is -2.32. The lowest BCUT2D eigenvalue weighted by molar-refractivity contribution is 0.158. The molecule has 1 aromatic rings. The topological polar surface area (TPSA) is 57.4 Å². The van der Waals surface area contributed by atoms with Gasteiger partial charge >= 0.3 is 0 Å². The number of hydrogen-bond acceptors (Lipinski definition) is 5. The third kappa shape index (κ3) is 3.87. The molecule has 0 unspecified atom stereocenters. The van der Waals surface area contributed by atoms with Crippen molar-refractivity contribution in [1.82, 2.24) is 14.8 Å². The van der Waals surface area contributed by atoms with Crippen LogP contribution in [0.25, 0.3) is 0 Å². The number of nitrogens with one attached hydrogen (secondary N) is 1. The first-order chi connectivity index (χ1) is 8.24. The minimum absolute atomic E-state index is 0.703. The van der Waals surface area contributed by atoms with E-state index in [-0.39, 0.29) is 0 Å². The van der Waals surface area contributed by atoms with Crippen LogP contribution in [0.15, 0.2) is 18.3 Å². The lowest BCUT2D eigenvalue weighted by atomic mass is 10.3. The fraction of sp³-hybridized carbons (Fsp3) is 0.583. The number of likely N-dealkylation sites (N-methyl/N-ethyl adjacent to an activating group) is 1. The zero-order valence-electron chi connectivity index (χ0n) is 10.4. The predicted octanol–water partition coefficient (Wildman–Crippen LogP) is 0.323. The Kier molecular flexibility index (Phi) is 4.17. The molecule has 5 heteroatoms. The largest absolute Gasteiger partial charge is 0.397 e. The summed E-state index contributed by atoms with van der Waals surface area (Å²) in [7, 11) is 2.17. The number of nitrogens with two attached hydrogens (primary N) is 1. The first-order valence-corrected chi connectivity index (χ1v) is 6.10. The molecule has 1 saturated heterocycles. The van der Waals surface area contributed by atoms with E-state index in [1.54, 1.807) is 6.20 Å². The molecule has 1 fully saturated rings. The maximum Gasteiger partial charge on any atom is 0.126 e. The highest BCUT2D eigenvalue weighted by Gasteiger charge is 2.12. The molecular weight excluding hydrogens is 214 g/mol. The number of hydrogen-bond donors (Lipinski definition) is 2. The minimum atomic E-state index is 0.703. The second-order valence-electron chi connectivity index (χ2n) is 4.55. The molecule has 3 N–H and O–H groups in total. The summed E-state index contributed by atoms with van der Waals surface area (Å²) in [5, 5.41) is 3.31. The summed E-state index contributed by atoms with van der Waals surface area (Å²) < 4.78 is 0. The first-order valence-electron chi connectivity index (χ1n) is 6.10. The minimum Gasteiger partial charge on any atom is -0.397 e. The summed E-state index contributed by atoms with van der Waals surface area (Å²) in [5.74, 6) is 0.897. The zero-order valence-corrected chi connectivity index (χ0v) is 10.4. The number of piperazine rings is 1. The molecule has 0 amide bonds. The van der Waals surface area contributed by atoms with E-state index in [1.807, 2.05) is 12.1 Å². The van der Waals surface area contributed by atoms with Crippen LogP contribution in [0, 0.1) is 0 Å². The van der Waals surface area contributed by atoms with Crippen LogP contribution in [0.1, 0.15) is 0 Å². The van der Waals surface area contributed by atoms with Crippen LogP contribution < -0.4 is 11.1 Å². The van der Waals surface area contributed by atoms with Crippen molar-refractivity contribution in [2.75, 3.05) is 57.4 Å². The molecular formula is C12H21N5. The lowest BCUT2D eigenvalue weighted by Crippen LogP contribution is -2.45. The van der Waals surface area contributed by atoms with Crippen LogP contribution in [-0.4, -0.2) is 61.1 Å². The highest BCUT2D eigenvalue weighted by Crippen LogP contribution is 2.05. The highest BCUT2D eigenvalue weighted by atomic mass is 15.2. The Morgan fingerprint density at radius 1 is 1.29 bits per heavy atom. The van der Waals surface area contributed by atoms with Gasteiger partial charge in [0.25, 0.3) is 0 Å². The maximum atomic E-state index is 5.58. The Morgan fingerprint density at radius 2 is 2.06 bits per heavy atom. The van der Waals surface area contributed by atoms with E-state index < -0.39 is 0 Å². The Morgan fingerprint density at radius 3 is 2.71 bits per heavy atom. The molecule has 1 aliphatic heterocycles. The number of rotatable bonds is 4. The van der Waals surface area contributed by atoms with Gasteiger partial charge in [0.15, 0.2) is 0 Å². The third-order valence-electron chi connectivity index (χ3n) is 3.12. The van der Waals surface area contributed by atoms with Gasteiger partial charge in [-0.3, -0.25) is 4.90 Å². The molecule has 0 aromatic carbocycles. The molecule has 0 radical (unpaired) electrons. The van der Waals surface area contributed by atoms with E-state index in [4.69, 9.17) is 5.73 Å². The van der Waals surface area contributed by atoms with E-state index in [1.165, 1.54) is 13.1 Å². The molecule has 94 valence electrons. The number of aromatic nitrogens is 1. The fourth-order valence-electron chi connectivity index (χ4n) is 1.92. The molecule has 1 aromatic heterocycles. The van der Waals surface area contributed by atoms with Crippen molar-refractivity contribution in [2.24, 2.45) is 0 Å². The summed E-state index contributed by atoms with van der Waals surface area (Å²) in [4.78, 5) is 9.05.